The van der Waals surface area contributed by atoms with Crippen LogP contribution in [0.2, 0.25) is 0 Å². The Morgan fingerprint density at radius 2 is 1.93 bits per heavy atom. The number of furan rings is 1. The van der Waals surface area contributed by atoms with E-state index in [0.29, 0.717) is 6.04 Å². The van der Waals surface area contributed by atoms with Crippen LogP contribution in [0.5, 0.6) is 0 Å². The van der Waals surface area contributed by atoms with Gasteiger partial charge in [0.2, 0.25) is 0 Å². The third-order valence-electron chi connectivity index (χ3n) is 5.33. The van der Waals surface area contributed by atoms with E-state index in [1.54, 1.807) is 6.07 Å². The number of pyridine rings is 1. The zero-order valence-electron chi connectivity index (χ0n) is 16.7. The summed E-state index contributed by atoms with van der Waals surface area (Å²) in [4.78, 5) is 21.1. The highest BCUT2D eigenvalue weighted by molar-refractivity contribution is 5.73. The highest BCUT2D eigenvalue weighted by Gasteiger charge is 2.38. The lowest BCUT2D eigenvalue weighted by molar-refractivity contribution is -0.192. The molecule has 0 aliphatic heterocycles. The van der Waals surface area contributed by atoms with Crippen molar-refractivity contribution in [2.75, 3.05) is 0 Å². The normalized spacial score (nSPS) is 18.3. The van der Waals surface area contributed by atoms with E-state index in [1.807, 2.05) is 29.7 Å². The Bertz CT molecular complexity index is 944. The second kappa shape index (κ2) is 9.07. The molecule has 2 N–H and O–H groups in total. The van der Waals surface area contributed by atoms with Crippen LogP contribution in [0.1, 0.15) is 42.0 Å². The summed E-state index contributed by atoms with van der Waals surface area (Å²) in [5, 5.41) is 10.7. The molecule has 0 spiro atoms. The predicted octanol–water partition coefficient (Wildman–Crippen LogP) is 3.44. The van der Waals surface area contributed by atoms with Crippen LogP contribution in [0.3, 0.4) is 0 Å². The number of aliphatic carboxylic acids is 1. The molecule has 0 radical (unpaired) electrons. The number of carbonyl (C=O) groups is 1. The first-order valence-corrected chi connectivity index (χ1v) is 9.94. The topological polar surface area (TPSA) is 84.5 Å². The van der Waals surface area contributed by atoms with Crippen LogP contribution in [-0.4, -0.2) is 27.9 Å². The van der Waals surface area contributed by atoms with Gasteiger partial charge < -0.3 is 19.4 Å². The molecule has 0 amide bonds. The quantitative estimate of drug-likeness (QED) is 0.765. The molecule has 2 aromatic heterocycles. The van der Waals surface area contributed by atoms with Crippen molar-refractivity contribution < 1.29 is 27.5 Å². The van der Waals surface area contributed by atoms with Gasteiger partial charge in [-0.2, -0.15) is 13.2 Å². The maximum atomic E-state index is 12.2. The third-order valence-corrected chi connectivity index (χ3v) is 5.33. The Morgan fingerprint density at radius 1 is 1.23 bits per heavy atom. The van der Waals surface area contributed by atoms with Gasteiger partial charge in [0, 0.05) is 24.3 Å². The molecule has 2 aliphatic rings. The average Bonchev–Trinajstić information content (AvgIpc) is 3.41. The number of hydrogen-bond acceptors (Lipinski definition) is 4. The monoisotopic (exact) mass is 426 g/mol. The van der Waals surface area contributed by atoms with Crippen molar-refractivity contribution in [2.45, 2.75) is 64.3 Å². The minimum absolute atomic E-state index is 0.174. The minimum atomic E-state index is -5.08. The Morgan fingerprint density at radius 3 is 2.50 bits per heavy atom. The molecule has 9 heteroatoms. The summed E-state index contributed by atoms with van der Waals surface area (Å²) in [5.74, 6) is -0.0726. The van der Waals surface area contributed by atoms with Crippen LogP contribution in [-0.2, 0) is 30.7 Å². The van der Waals surface area contributed by atoms with E-state index in [4.69, 9.17) is 14.3 Å². The molecule has 2 aromatic rings. The summed E-state index contributed by atoms with van der Waals surface area (Å²) in [6.07, 6.45) is 0.555. The van der Waals surface area contributed by atoms with E-state index in [9.17, 15) is 18.0 Å². The molecule has 164 valence electrons. The first-order valence-electron chi connectivity index (χ1n) is 9.94. The zero-order chi connectivity index (χ0) is 21.9. The number of nitrogens with one attached hydrogen (secondary N) is 1. The fourth-order valence-electron chi connectivity index (χ4n) is 3.58. The van der Waals surface area contributed by atoms with E-state index in [2.05, 4.69) is 5.32 Å². The molecule has 2 aliphatic carbocycles. The number of fused-ring (bicyclic) bond motifs is 1. The molecular formula is C21H25F3N2O4. The average molecular weight is 426 g/mol. The molecule has 0 saturated heterocycles. The van der Waals surface area contributed by atoms with Crippen molar-refractivity contribution in [3.05, 3.63) is 57.4 Å². The second-order valence-corrected chi connectivity index (χ2v) is 7.83. The maximum Gasteiger partial charge on any atom is 0.490 e. The van der Waals surface area contributed by atoms with E-state index < -0.39 is 12.1 Å². The Labute approximate surface area is 171 Å². The van der Waals surface area contributed by atoms with Gasteiger partial charge in [0.05, 0.1) is 6.54 Å². The van der Waals surface area contributed by atoms with Gasteiger partial charge >= 0.3 is 12.1 Å². The fraction of sp³-hybridized carbons (Fsp3) is 0.524. The number of aromatic nitrogens is 1. The van der Waals surface area contributed by atoms with Crippen molar-refractivity contribution in [3.63, 3.8) is 0 Å². The Balaban J connectivity index is 0.000000318. The van der Waals surface area contributed by atoms with Crippen molar-refractivity contribution in [2.24, 2.45) is 5.92 Å². The van der Waals surface area contributed by atoms with Crippen LogP contribution in [0.25, 0.3) is 0 Å². The molecule has 0 bridgehead atoms. The van der Waals surface area contributed by atoms with Gasteiger partial charge in [-0.15, -0.1) is 0 Å². The van der Waals surface area contributed by atoms with Crippen LogP contribution >= 0.6 is 0 Å². The molecule has 30 heavy (non-hydrogen) atoms. The maximum absolute atomic E-state index is 12.2. The first-order chi connectivity index (χ1) is 14.1. The fourth-order valence-corrected chi connectivity index (χ4v) is 3.58. The first kappa shape index (κ1) is 22.1. The lowest BCUT2D eigenvalue weighted by atomic mass is 9.91. The molecule has 1 atom stereocenters. The van der Waals surface area contributed by atoms with Crippen molar-refractivity contribution in [1.29, 1.82) is 0 Å². The lowest BCUT2D eigenvalue weighted by Crippen LogP contribution is -2.37. The van der Waals surface area contributed by atoms with Gasteiger partial charge in [-0.3, -0.25) is 4.79 Å². The lowest BCUT2D eigenvalue weighted by Gasteiger charge is -2.27. The molecule has 1 fully saturated rings. The molecule has 6 nitrogen and oxygen atoms in total. The van der Waals surface area contributed by atoms with Gasteiger partial charge in [-0.1, -0.05) is 6.07 Å². The number of carboxylic acid groups (broad SMARTS) is 1. The predicted molar refractivity (Wildman–Crippen MR) is 103 cm³/mol. The standard InChI is InChI=1S/C19H24N2O2.C2HF3O2/c1-13-2-7-17(23-13)11-20-16-6-8-18-15(10-16)5-9-19(22)21(18)12-14-3-4-14;3-2(4,5)1(6)7/h2,5,7,9,14,16,20H,3-4,6,8,10-12H2,1H3;(H,6,7). The van der Waals surface area contributed by atoms with Gasteiger partial charge in [0.1, 0.15) is 11.5 Å². The van der Waals surface area contributed by atoms with Gasteiger partial charge in [-0.25, -0.2) is 4.79 Å². The largest absolute Gasteiger partial charge is 0.490 e. The van der Waals surface area contributed by atoms with Crippen LogP contribution in [0.4, 0.5) is 13.2 Å². The molecule has 4 rings (SSSR count). The van der Waals surface area contributed by atoms with Crippen molar-refractivity contribution in [3.8, 4) is 0 Å². The summed E-state index contributed by atoms with van der Waals surface area (Å²) in [7, 11) is 0. The molecular weight excluding hydrogens is 401 g/mol. The third kappa shape index (κ3) is 5.98. The number of nitrogens with zero attached hydrogens (tertiary/aromatic N) is 1. The van der Waals surface area contributed by atoms with Crippen molar-refractivity contribution >= 4 is 5.97 Å². The number of carboxylic acids is 1. The van der Waals surface area contributed by atoms with Crippen LogP contribution in [0.15, 0.2) is 33.5 Å². The van der Waals surface area contributed by atoms with Gasteiger partial charge in [0.15, 0.2) is 0 Å². The molecule has 0 aromatic carbocycles. The summed E-state index contributed by atoms with van der Waals surface area (Å²) >= 11 is 0. The summed E-state index contributed by atoms with van der Waals surface area (Å²) in [6.45, 7) is 3.67. The van der Waals surface area contributed by atoms with E-state index in [0.717, 1.165) is 49.8 Å². The van der Waals surface area contributed by atoms with E-state index in [1.165, 1.54) is 24.1 Å². The smallest absolute Gasteiger partial charge is 0.475 e. The van der Waals surface area contributed by atoms with Gasteiger partial charge in [0.25, 0.3) is 5.56 Å². The Hall–Kier alpha value is -2.55. The number of alkyl halides is 3. The summed E-state index contributed by atoms with van der Waals surface area (Å²) < 4.78 is 39.4. The molecule has 1 unspecified atom stereocenters. The SMILES string of the molecule is Cc1ccc(CNC2CCc3c(ccc(=O)n3CC3CC3)C2)o1.O=C(O)C(F)(F)F. The van der Waals surface area contributed by atoms with E-state index in [-0.39, 0.29) is 5.56 Å². The highest BCUT2D eigenvalue weighted by atomic mass is 19.4. The second-order valence-electron chi connectivity index (χ2n) is 7.83. The minimum Gasteiger partial charge on any atom is -0.475 e. The Kier molecular flexibility index (Phi) is 6.70. The van der Waals surface area contributed by atoms with Crippen LogP contribution in [0, 0.1) is 12.8 Å². The highest BCUT2D eigenvalue weighted by Crippen LogP contribution is 2.31. The van der Waals surface area contributed by atoms with Crippen LogP contribution < -0.4 is 10.9 Å². The number of aryl methyl sites for hydroxylation is 1. The molecule has 2 heterocycles. The van der Waals surface area contributed by atoms with Gasteiger partial charge in [-0.05, 0) is 62.6 Å². The van der Waals surface area contributed by atoms with Crippen molar-refractivity contribution in [1.82, 2.24) is 9.88 Å². The number of rotatable bonds is 5. The summed E-state index contributed by atoms with van der Waals surface area (Å²) in [5.41, 5.74) is 2.79. The number of halogens is 3. The molecule has 1 saturated carbocycles. The number of hydrogen-bond donors (Lipinski definition) is 2. The zero-order valence-corrected chi connectivity index (χ0v) is 16.7. The summed E-state index contributed by atoms with van der Waals surface area (Å²) in [6, 6.07) is 8.28. The van der Waals surface area contributed by atoms with E-state index >= 15 is 0 Å².